The van der Waals surface area contributed by atoms with Gasteiger partial charge >= 0.3 is 6.18 Å². The number of halogens is 5. The Labute approximate surface area is 274 Å². The van der Waals surface area contributed by atoms with Crippen LogP contribution in [-0.4, -0.2) is 53.1 Å². The van der Waals surface area contributed by atoms with Crippen molar-refractivity contribution in [2.75, 3.05) is 18.0 Å². The molecule has 47 heavy (non-hydrogen) atoms. The minimum atomic E-state index is -4.76. The van der Waals surface area contributed by atoms with Crippen molar-refractivity contribution < 1.29 is 36.2 Å². The van der Waals surface area contributed by atoms with Crippen LogP contribution in [0.15, 0.2) is 30.5 Å². The van der Waals surface area contributed by atoms with E-state index < -0.39 is 30.1 Å². The van der Waals surface area contributed by atoms with Crippen molar-refractivity contribution in [3.63, 3.8) is 0 Å². The van der Waals surface area contributed by atoms with Crippen molar-refractivity contribution in [1.29, 1.82) is 0 Å². The third kappa shape index (κ3) is 8.63. The number of hydrogen-bond acceptors (Lipinski definition) is 5. The van der Waals surface area contributed by atoms with Crippen LogP contribution in [0.25, 0.3) is 0 Å². The summed E-state index contributed by atoms with van der Waals surface area (Å²) in [6.45, 7) is 3.91. The number of nitrogens with zero attached hydrogens (tertiary/aromatic N) is 3. The van der Waals surface area contributed by atoms with E-state index in [1.807, 2.05) is 11.8 Å². The molecular weight excluding hydrogens is 617 g/mol. The van der Waals surface area contributed by atoms with Gasteiger partial charge in [-0.15, -0.1) is 0 Å². The maximum atomic E-state index is 14.2. The average Bonchev–Trinajstić information content (AvgIpc) is 3.83. The number of aryl methyl sites for hydroxylation is 1. The Kier molecular flexibility index (Phi) is 10.1. The average molecular weight is 664 g/mol. The van der Waals surface area contributed by atoms with Crippen LogP contribution >= 0.6 is 0 Å². The molecule has 1 aromatic heterocycles. The van der Waals surface area contributed by atoms with Gasteiger partial charge in [0.25, 0.3) is 5.92 Å². The molecule has 0 spiro atoms. The Balaban J connectivity index is 1.21. The van der Waals surface area contributed by atoms with Crippen LogP contribution in [-0.2, 0) is 22.3 Å². The molecule has 0 radical (unpaired) electrons. The number of benzene rings is 1. The standard InChI is InChI=1S/C36H46F5N3O3/c1-23-4-6-26(7-5-23)34(45)44(27-8-10-28(11-9-27)46-29-12-13-29)32-15-14-30(18-24(32)2)47-33-31(36(39,40)41)19-25(20-42-33)21-43-17-3-16-35(37,38)22-43/h14-15,18-20,23,26-29H,3-13,16-17,21-22H2,1-2H3/t23-,26-,27-,28-. The molecular formula is C36H46F5N3O3. The summed E-state index contributed by atoms with van der Waals surface area (Å²) < 4.78 is 82.2. The number of rotatable bonds is 9. The van der Waals surface area contributed by atoms with E-state index in [4.69, 9.17) is 9.47 Å². The van der Waals surface area contributed by atoms with Gasteiger partial charge in [0.05, 0.1) is 18.8 Å². The predicted octanol–water partition coefficient (Wildman–Crippen LogP) is 9.08. The van der Waals surface area contributed by atoms with Gasteiger partial charge in [-0.25, -0.2) is 13.8 Å². The Morgan fingerprint density at radius 3 is 2.30 bits per heavy atom. The number of ether oxygens (including phenoxy) is 2. The largest absolute Gasteiger partial charge is 0.438 e. The van der Waals surface area contributed by atoms with E-state index in [1.54, 1.807) is 18.2 Å². The molecule has 2 aromatic rings. The summed E-state index contributed by atoms with van der Waals surface area (Å²) in [5.74, 6) is -2.59. The SMILES string of the molecule is Cc1cc(Oc2ncc(CN3CCCC(F)(F)C3)cc2C(F)(F)F)ccc1N(C(=O)[C@H]1CC[C@H](C)CC1)[C@H]1CC[C@H](OC2CC2)CC1. The van der Waals surface area contributed by atoms with Gasteiger partial charge in [0, 0.05) is 36.8 Å². The van der Waals surface area contributed by atoms with Crippen molar-refractivity contribution in [1.82, 2.24) is 9.88 Å². The Morgan fingerprint density at radius 1 is 1.00 bits per heavy atom. The molecule has 258 valence electrons. The van der Waals surface area contributed by atoms with E-state index in [1.165, 1.54) is 11.1 Å². The molecule has 3 saturated carbocycles. The summed E-state index contributed by atoms with van der Waals surface area (Å²) in [6.07, 6.45) is 6.66. The fraction of sp³-hybridized carbons (Fsp3) is 0.667. The van der Waals surface area contributed by atoms with E-state index in [0.29, 0.717) is 18.6 Å². The number of anilines is 1. The Hall–Kier alpha value is -2.79. The second-order valence-electron chi connectivity index (χ2n) is 14.3. The van der Waals surface area contributed by atoms with Gasteiger partial charge in [0.15, 0.2) is 0 Å². The zero-order valence-corrected chi connectivity index (χ0v) is 27.3. The van der Waals surface area contributed by atoms with Gasteiger partial charge in [-0.1, -0.05) is 6.92 Å². The molecule has 1 aromatic carbocycles. The molecule has 3 aliphatic carbocycles. The first-order valence-corrected chi connectivity index (χ1v) is 17.3. The molecule has 6 rings (SSSR count). The number of carbonyl (C=O) groups excluding carboxylic acids is 1. The van der Waals surface area contributed by atoms with Gasteiger partial charge in [-0.2, -0.15) is 13.2 Å². The summed E-state index contributed by atoms with van der Waals surface area (Å²) in [5.41, 5.74) is 0.615. The highest BCUT2D eigenvalue weighted by Crippen LogP contribution is 2.41. The van der Waals surface area contributed by atoms with Crippen LogP contribution in [0.2, 0.25) is 0 Å². The lowest BCUT2D eigenvalue weighted by molar-refractivity contribution is -0.139. The topological polar surface area (TPSA) is 54.9 Å². The molecule has 11 heteroatoms. The molecule has 4 fully saturated rings. The van der Waals surface area contributed by atoms with Gasteiger partial charge in [0.2, 0.25) is 11.8 Å². The molecule has 4 aliphatic rings. The van der Waals surface area contributed by atoms with Crippen molar-refractivity contribution in [2.45, 2.75) is 128 Å². The number of hydrogen-bond donors (Lipinski definition) is 0. The van der Waals surface area contributed by atoms with Crippen molar-refractivity contribution in [3.05, 3.63) is 47.2 Å². The lowest BCUT2D eigenvalue weighted by Gasteiger charge is -2.40. The number of carbonyl (C=O) groups is 1. The summed E-state index contributed by atoms with van der Waals surface area (Å²) in [7, 11) is 0. The first kappa shape index (κ1) is 34.1. The fourth-order valence-electron chi connectivity index (χ4n) is 7.49. The summed E-state index contributed by atoms with van der Waals surface area (Å²) in [4.78, 5) is 21.6. The van der Waals surface area contributed by atoms with Crippen LogP contribution in [0.4, 0.5) is 27.6 Å². The smallest absolute Gasteiger partial charge is 0.421 e. The Bertz CT molecular complexity index is 1400. The van der Waals surface area contributed by atoms with Gasteiger partial charge < -0.3 is 14.4 Å². The molecule has 6 nitrogen and oxygen atoms in total. The second-order valence-corrected chi connectivity index (χ2v) is 14.3. The maximum absolute atomic E-state index is 14.2. The normalized spacial score (nSPS) is 27.0. The maximum Gasteiger partial charge on any atom is 0.421 e. The highest BCUT2D eigenvalue weighted by Gasteiger charge is 2.39. The number of aromatic nitrogens is 1. The molecule has 0 unspecified atom stereocenters. The first-order chi connectivity index (χ1) is 22.3. The second kappa shape index (κ2) is 14.0. The monoisotopic (exact) mass is 663 g/mol. The van der Waals surface area contributed by atoms with E-state index in [2.05, 4.69) is 11.9 Å². The molecule has 0 atom stereocenters. The first-order valence-electron chi connectivity index (χ1n) is 17.3. The molecule has 1 aliphatic heterocycles. The van der Waals surface area contributed by atoms with E-state index in [9.17, 15) is 26.7 Å². The summed E-state index contributed by atoms with van der Waals surface area (Å²) in [6, 6.07) is 5.99. The molecule has 1 amide bonds. The van der Waals surface area contributed by atoms with Gasteiger partial charge in [0.1, 0.15) is 11.3 Å². The van der Waals surface area contributed by atoms with E-state index >= 15 is 0 Å². The van der Waals surface area contributed by atoms with E-state index in [-0.39, 0.29) is 54.7 Å². The zero-order chi connectivity index (χ0) is 33.3. The van der Waals surface area contributed by atoms with Crippen LogP contribution in [0.3, 0.4) is 0 Å². The number of amides is 1. The quantitative estimate of drug-likeness (QED) is 0.251. The molecule has 0 bridgehead atoms. The number of likely N-dealkylation sites (tertiary alicyclic amines) is 1. The lowest BCUT2D eigenvalue weighted by Crippen LogP contribution is -2.47. The van der Waals surface area contributed by atoms with Crippen molar-refractivity contribution in [2.24, 2.45) is 11.8 Å². The molecule has 0 N–H and O–H groups in total. The number of piperidine rings is 1. The summed E-state index contributed by atoms with van der Waals surface area (Å²) >= 11 is 0. The molecule has 2 heterocycles. The zero-order valence-electron chi connectivity index (χ0n) is 27.3. The van der Waals surface area contributed by atoms with Gasteiger partial charge in [-0.3, -0.25) is 9.69 Å². The van der Waals surface area contributed by atoms with Crippen LogP contribution in [0.1, 0.15) is 101 Å². The minimum absolute atomic E-state index is 0.0252. The third-order valence-electron chi connectivity index (χ3n) is 10.3. The minimum Gasteiger partial charge on any atom is -0.438 e. The highest BCUT2D eigenvalue weighted by atomic mass is 19.4. The fourth-order valence-corrected chi connectivity index (χ4v) is 7.49. The lowest BCUT2D eigenvalue weighted by atomic mass is 9.81. The van der Waals surface area contributed by atoms with E-state index in [0.717, 1.165) is 81.5 Å². The Morgan fingerprint density at radius 2 is 1.68 bits per heavy atom. The van der Waals surface area contributed by atoms with Crippen LogP contribution in [0, 0.1) is 18.8 Å². The predicted molar refractivity (Wildman–Crippen MR) is 169 cm³/mol. The van der Waals surface area contributed by atoms with Crippen LogP contribution in [0.5, 0.6) is 11.6 Å². The summed E-state index contributed by atoms with van der Waals surface area (Å²) in [5, 5.41) is 0. The highest BCUT2D eigenvalue weighted by molar-refractivity contribution is 5.96. The number of alkyl halides is 5. The van der Waals surface area contributed by atoms with Crippen molar-refractivity contribution >= 4 is 11.6 Å². The molecule has 1 saturated heterocycles. The van der Waals surface area contributed by atoms with Crippen LogP contribution < -0.4 is 9.64 Å². The third-order valence-corrected chi connectivity index (χ3v) is 10.3. The number of pyridine rings is 1. The van der Waals surface area contributed by atoms with Gasteiger partial charge in [-0.05, 0) is 125 Å². The van der Waals surface area contributed by atoms with Crippen molar-refractivity contribution in [3.8, 4) is 11.6 Å².